The Bertz CT molecular complexity index is 633. The van der Waals surface area contributed by atoms with Gasteiger partial charge in [-0.3, -0.25) is 0 Å². The summed E-state index contributed by atoms with van der Waals surface area (Å²) in [6.07, 6.45) is 0. The first-order chi connectivity index (χ1) is 10.1. The maximum absolute atomic E-state index is 10.9. The van der Waals surface area contributed by atoms with Gasteiger partial charge >= 0.3 is 0 Å². The van der Waals surface area contributed by atoms with Crippen molar-refractivity contribution >= 4 is 18.5 Å². The summed E-state index contributed by atoms with van der Waals surface area (Å²) in [7, 11) is -0.626. The van der Waals surface area contributed by atoms with Gasteiger partial charge in [0.2, 0.25) is 0 Å². The highest BCUT2D eigenvalue weighted by Crippen LogP contribution is 2.50. The predicted octanol–water partition coefficient (Wildman–Crippen LogP) is 4.92. The monoisotopic (exact) mass is 314 g/mol. The molecular weight excluding hydrogens is 287 g/mol. The van der Waals surface area contributed by atoms with Gasteiger partial charge in [-0.1, -0.05) is 90.1 Å². The van der Waals surface area contributed by atoms with E-state index in [-0.39, 0.29) is 10.6 Å². The van der Waals surface area contributed by atoms with Gasteiger partial charge in [-0.05, 0) is 29.4 Å². The van der Waals surface area contributed by atoms with Crippen molar-refractivity contribution in [2.24, 2.45) is 0 Å². The molecule has 118 valence electrons. The van der Waals surface area contributed by atoms with Crippen molar-refractivity contribution in [3.8, 4) is 5.75 Å². The third kappa shape index (κ3) is 3.52. The van der Waals surface area contributed by atoms with E-state index in [2.05, 4.69) is 77.9 Å². The quantitative estimate of drug-likeness (QED) is 0.780. The molecule has 1 nitrogen and oxygen atoms in total. The second-order valence-electron chi connectivity index (χ2n) is 7.77. The van der Waals surface area contributed by atoms with Gasteiger partial charge in [-0.25, -0.2) is 0 Å². The molecule has 0 fully saturated rings. The van der Waals surface area contributed by atoms with Gasteiger partial charge in [-0.2, -0.15) is 0 Å². The highest BCUT2D eigenvalue weighted by atomic mass is 31.1. The molecule has 1 unspecified atom stereocenters. The second-order valence-corrected chi connectivity index (χ2v) is 10.8. The minimum atomic E-state index is -0.626. The molecule has 2 aromatic carbocycles. The van der Waals surface area contributed by atoms with Crippen molar-refractivity contribution in [3.05, 3.63) is 54.1 Å². The third-order valence-corrected chi connectivity index (χ3v) is 6.75. The fourth-order valence-electron chi connectivity index (χ4n) is 2.78. The molecule has 0 radical (unpaired) electrons. The first kappa shape index (κ1) is 17.0. The average Bonchev–Trinajstić information content (AvgIpc) is 2.39. The largest absolute Gasteiger partial charge is 0.507 e. The summed E-state index contributed by atoms with van der Waals surface area (Å²) in [4.78, 5) is 0. The summed E-state index contributed by atoms with van der Waals surface area (Å²) in [6.45, 7) is 13.2. The standard InChI is InChI=1S/C20H27OP/c1-19(2,3)16-13-10-14-17(18(16)21)22(20(4,5)6)15-11-8-7-9-12-15/h7-14,21H,1-6H3. The lowest BCUT2D eigenvalue weighted by Gasteiger charge is -2.34. The molecule has 0 aliphatic carbocycles. The van der Waals surface area contributed by atoms with Crippen LogP contribution in [0.4, 0.5) is 0 Å². The van der Waals surface area contributed by atoms with Crippen LogP contribution in [0, 0.1) is 0 Å². The van der Waals surface area contributed by atoms with E-state index in [1.165, 1.54) is 5.30 Å². The minimum Gasteiger partial charge on any atom is -0.507 e. The summed E-state index contributed by atoms with van der Waals surface area (Å²) < 4.78 is 0. The summed E-state index contributed by atoms with van der Waals surface area (Å²) in [6, 6.07) is 16.8. The zero-order valence-corrected chi connectivity index (χ0v) is 15.4. The highest BCUT2D eigenvalue weighted by molar-refractivity contribution is 7.74. The molecular formula is C20H27OP. The van der Waals surface area contributed by atoms with E-state index >= 15 is 0 Å². The van der Waals surface area contributed by atoms with Crippen molar-refractivity contribution in [1.82, 2.24) is 0 Å². The van der Waals surface area contributed by atoms with Gasteiger partial charge in [0.25, 0.3) is 0 Å². The van der Waals surface area contributed by atoms with Crippen LogP contribution < -0.4 is 10.6 Å². The van der Waals surface area contributed by atoms with Crippen LogP contribution >= 0.6 is 7.92 Å². The van der Waals surface area contributed by atoms with Crippen LogP contribution in [-0.2, 0) is 5.41 Å². The van der Waals surface area contributed by atoms with Crippen LogP contribution in [-0.4, -0.2) is 10.3 Å². The molecule has 0 heterocycles. The molecule has 0 spiro atoms. The number of benzene rings is 2. The molecule has 0 aliphatic rings. The van der Waals surface area contributed by atoms with Crippen molar-refractivity contribution < 1.29 is 5.11 Å². The number of hydrogen-bond acceptors (Lipinski definition) is 1. The van der Waals surface area contributed by atoms with E-state index in [0.29, 0.717) is 5.75 Å². The SMILES string of the molecule is CC(C)(C)c1cccc(P(c2ccccc2)C(C)(C)C)c1O. The minimum absolute atomic E-state index is 0.0599. The molecule has 0 saturated heterocycles. The van der Waals surface area contributed by atoms with E-state index in [1.807, 2.05) is 12.1 Å². The van der Waals surface area contributed by atoms with Crippen molar-refractivity contribution in [3.63, 3.8) is 0 Å². The summed E-state index contributed by atoms with van der Waals surface area (Å²) >= 11 is 0. The smallest absolute Gasteiger partial charge is 0.127 e. The third-order valence-electron chi connectivity index (χ3n) is 3.75. The van der Waals surface area contributed by atoms with Gasteiger partial charge < -0.3 is 5.11 Å². The van der Waals surface area contributed by atoms with Gasteiger partial charge in [0.15, 0.2) is 0 Å². The Kier molecular flexibility index (Phi) is 4.68. The molecule has 2 heteroatoms. The second kappa shape index (κ2) is 6.05. The molecule has 0 aromatic heterocycles. The maximum Gasteiger partial charge on any atom is 0.127 e. The molecule has 0 saturated carbocycles. The predicted molar refractivity (Wildman–Crippen MR) is 99.2 cm³/mol. The molecule has 2 rings (SSSR count). The number of phenols is 1. The molecule has 0 aliphatic heterocycles. The Hall–Kier alpha value is -1.33. The average molecular weight is 314 g/mol. The molecule has 0 bridgehead atoms. The van der Waals surface area contributed by atoms with Crippen LogP contribution in [0.25, 0.3) is 0 Å². The Labute approximate surface area is 136 Å². The number of phenolic OH excluding ortho intramolecular Hbond substituents is 1. The summed E-state index contributed by atoms with van der Waals surface area (Å²) in [5.41, 5.74) is 0.966. The number of rotatable bonds is 2. The fourth-order valence-corrected chi connectivity index (χ4v) is 5.59. The lowest BCUT2D eigenvalue weighted by atomic mass is 9.86. The Morgan fingerprint density at radius 2 is 1.36 bits per heavy atom. The Balaban J connectivity index is 2.65. The zero-order valence-electron chi connectivity index (χ0n) is 14.5. The number of hydrogen-bond donors (Lipinski definition) is 1. The first-order valence-electron chi connectivity index (χ1n) is 7.80. The summed E-state index contributed by atoms with van der Waals surface area (Å²) in [5, 5.41) is 13.4. The number of para-hydroxylation sites is 1. The van der Waals surface area contributed by atoms with Crippen molar-refractivity contribution in [2.75, 3.05) is 0 Å². The van der Waals surface area contributed by atoms with Crippen LogP contribution in [0.1, 0.15) is 47.1 Å². The molecule has 1 N–H and O–H groups in total. The molecule has 1 atom stereocenters. The van der Waals surface area contributed by atoms with Crippen molar-refractivity contribution in [1.29, 1.82) is 0 Å². The first-order valence-corrected chi connectivity index (χ1v) is 9.14. The molecule has 0 amide bonds. The molecule has 22 heavy (non-hydrogen) atoms. The lowest BCUT2D eigenvalue weighted by molar-refractivity contribution is 0.450. The highest BCUT2D eigenvalue weighted by Gasteiger charge is 2.31. The van der Waals surface area contributed by atoms with E-state index in [4.69, 9.17) is 0 Å². The normalized spacial score (nSPS) is 13.9. The van der Waals surface area contributed by atoms with Gasteiger partial charge in [-0.15, -0.1) is 0 Å². The molecule has 2 aromatic rings. The Morgan fingerprint density at radius 3 is 1.86 bits per heavy atom. The van der Waals surface area contributed by atoms with E-state index < -0.39 is 7.92 Å². The maximum atomic E-state index is 10.9. The van der Waals surface area contributed by atoms with Gasteiger partial charge in [0, 0.05) is 5.30 Å². The van der Waals surface area contributed by atoms with Crippen LogP contribution in [0.15, 0.2) is 48.5 Å². The van der Waals surface area contributed by atoms with Gasteiger partial charge in [0.1, 0.15) is 5.75 Å². The van der Waals surface area contributed by atoms with Gasteiger partial charge in [0.05, 0.1) is 0 Å². The number of aromatic hydroxyl groups is 1. The van der Waals surface area contributed by atoms with E-state index in [1.54, 1.807) is 0 Å². The van der Waals surface area contributed by atoms with Crippen LogP contribution in [0.5, 0.6) is 5.75 Å². The van der Waals surface area contributed by atoms with E-state index in [0.717, 1.165) is 10.9 Å². The summed E-state index contributed by atoms with van der Waals surface area (Å²) in [5.74, 6) is 0.472. The topological polar surface area (TPSA) is 20.2 Å². The van der Waals surface area contributed by atoms with E-state index in [9.17, 15) is 5.11 Å². The Morgan fingerprint density at radius 1 is 0.773 bits per heavy atom. The van der Waals surface area contributed by atoms with Crippen LogP contribution in [0.2, 0.25) is 0 Å². The fraction of sp³-hybridized carbons (Fsp3) is 0.400. The van der Waals surface area contributed by atoms with Crippen molar-refractivity contribution in [2.45, 2.75) is 52.1 Å². The lowest BCUT2D eigenvalue weighted by Crippen LogP contribution is -2.27. The van der Waals surface area contributed by atoms with Crippen LogP contribution in [0.3, 0.4) is 0 Å². The zero-order chi connectivity index (χ0) is 16.5.